The third-order valence-electron chi connectivity index (χ3n) is 3.90. The SMILES string of the molecule is Cc1cc(Cl)cc(C)c1NC(=O)NCCC1(O)CCC1. The van der Waals surface area contributed by atoms with Gasteiger partial charge in [-0.2, -0.15) is 0 Å². The second kappa shape index (κ2) is 6.02. The number of amides is 2. The Morgan fingerprint density at radius 3 is 2.45 bits per heavy atom. The van der Waals surface area contributed by atoms with Crippen molar-refractivity contribution in [1.82, 2.24) is 5.32 Å². The predicted octanol–water partition coefficient (Wildman–Crippen LogP) is 3.38. The van der Waals surface area contributed by atoms with Gasteiger partial charge in [0.05, 0.1) is 5.60 Å². The van der Waals surface area contributed by atoms with Crippen molar-refractivity contribution in [2.75, 3.05) is 11.9 Å². The molecule has 110 valence electrons. The van der Waals surface area contributed by atoms with Gasteiger partial charge in [-0.05, 0) is 62.8 Å². The molecule has 1 aromatic rings. The van der Waals surface area contributed by atoms with Crippen LogP contribution in [0.3, 0.4) is 0 Å². The molecule has 1 aromatic carbocycles. The van der Waals surface area contributed by atoms with Crippen molar-refractivity contribution in [2.45, 2.75) is 45.1 Å². The Kier molecular flexibility index (Phi) is 4.55. The third-order valence-corrected chi connectivity index (χ3v) is 4.11. The number of nitrogens with one attached hydrogen (secondary N) is 2. The van der Waals surface area contributed by atoms with E-state index in [-0.39, 0.29) is 6.03 Å². The fraction of sp³-hybridized carbons (Fsp3) is 0.533. The second-order valence-electron chi connectivity index (χ2n) is 5.62. The lowest BCUT2D eigenvalue weighted by atomic mass is 9.78. The summed E-state index contributed by atoms with van der Waals surface area (Å²) in [4.78, 5) is 11.9. The molecule has 1 aliphatic rings. The average molecular weight is 297 g/mol. The van der Waals surface area contributed by atoms with Crippen molar-refractivity contribution in [3.8, 4) is 0 Å². The summed E-state index contributed by atoms with van der Waals surface area (Å²) in [7, 11) is 0. The summed E-state index contributed by atoms with van der Waals surface area (Å²) >= 11 is 5.96. The molecule has 20 heavy (non-hydrogen) atoms. The molecule has 4 nitrogen and oxygen atoms in total. The first-order valence-corrected chi connectivity index (χ1v) is 7.31. The van der Waals surface area contributed by atoms with Crippen LogP contribution in [-0.4, -0.2) is 23.3 Å². The molecule has 5 heteroatoms. The Morgan fingerprint density at radius 2 is 1.95 bits per heavy atom. The molecular weight excluding hydrogens is 276 g/mol. The summed E-state index contributed by atoms with van der Waals surface area (Å²) in [5.74, 6) is 0. The molecule has 0 unspecified atom stereocenters. The highest BCUT2D eigenvalue weighted by Crippen LogP contribution is 2.34. The highest BCUT2D eigenvalue weighted by molar-refractivity contribution is 6.30. The van der Waals surface area contributed by atoms with Gasteiger partial charge in [0.2, 0.25) is 0 Å². The molecule has 0 bridgehead atoms. The van der Waals surface area contributed by atoms with Crippen molar-refractivity contribution < 1.29 is 9.90 Å². The van der Waals surface area contributed by atoms with Crippen LogP contribution in [0.25, 0.3) is 0 Å². The maximum atomic E-state index is 11.9. The number of carbonyl (C=O) groups excluding carboxylic acids is 1. The minimum Gasteiger partial charge on any atom is -0.390 e. The molecule has 1 saturated carbocycles. The summed E-state index contributed by atoms with van der Waals surface area (Å²) in [6.07, 6.45) is 3.36. The van der Waals surface area contributed by atoms with Crippen molar-refractivity contribution in [1.29, 1.82) is 0 Å². The average Bonchev–Trinajstić information content (AvgIpc) is 2.31. The molecule has 1 fully saturated rings. The van der Waals surface area contributed by atoms with Gasteiger partial charge in [0.15, 0.2) is 0 Å². The van der Waals surface area contributed by atoms with Crippen LogP contribution < -0.4 is 10.6 Å². The fourth-order valence-corrected chi connectivity index (χ4v) is 2.84. The van der Waals surface area contributed by atoms with Crippen molar-refractivity contribution in [3.63, 3.8) is 0 Å². The standard InChI is InChI=1S/C15H21ClN2O2/c1-10-8-12(16)9-11(2)13(10)18-14(19)17-7-6-15(20)4-3-5-15/h8-9,20H,3-7H2,1-2H3,(H2,17,18,19). The Hall–Kier alpha value is -1.26. The summed E-state index contributed by atoms with van der Waals surface area (Å²) in [5, 5.41) is 16.2. The van der Waals surface area contributed by atoms with Crippen LogP contribution in [0, 0.1) is 13.8 Å². The minimum atomic E-state index is -0.556. The highest BCUT2D eigenvalue weighted by Gasteiger charge is 2.33. The normalized spacial score (nSPS) is 16.4. The summed E-state index contributed by atoms with van der Waals surface area (Å²) in [6.45, 7) is 4.30. The first kappa shape index (κ1) is 15.1. The molecule has 3 N–H and O–H groups in total. The van der Waals surface area contributed by atoms with Crippen LogP contribution in [0.1, 0.15) is 36.8 Å². The van der Waals surface area contributed by atoms with Gasteiger partial charge in [0.25, 0.3) is 0 Å². The molecule has 0 aliphatic heterocycles. The highest BCUT2D eigenvalue weighted by atomic mass is 35.5. The van der Waals surface area contributed by atoms with E-state index in [2.05, 4.69) is 10.6 Å². The van der Waals surface area contributed by atoms with Gasteiger partial charge in [-0.3, -0.25) is 0 Å². The van der Waals surface area contributed by atoms with Crippen LogP contribution in [0.5, 0.6) is 0 Å². The monoisotopic (exact) mass is 296 g/mol. The van der Waals surface area contributed by atoms with Crippen molar-refractivity contribution >= 4 is 23.3 Å². The number of halogens is 1. The lowest BCUT2D eigenvalue weighted by molar-refractivity contribution is -0.0388. The Morgan fingerprint density at radius 1 is 1.35 bits per heavy atom. The van der Waals surface area contributed by atoms with Crippen molar-refractivity contribution in [2.24, 2.45) is 0 Å². The first-order valence-electron chi connectivity index (χ1n) is 6.94. The van der Waals surface area contributed by atoms with E-state index in [0.29, 0.717) is 18.0 Å². The van der Waals surface area contributed by atoms with E-state index in [0.717, 1.165) is 36.1 Å². The molecule has 0 spiro atoms. The van der Waals surface area contributed by atoms with Gasteiger partial charge < -0.3 is 15.7 Å². The van der Waals surface area contributed by atoms with Gasteiger partial charge in [-0.15, -0.1) is 0 Å². The van der Waals surface area contributed by atoms with E-state index < -0.39 is 5.60 Å². The van der Waals surface area contributed by atoms with Gasteiger partial charge in [-0.1, -0.05) is 11.6 Å². The lowest BCUT2D eigenvalue weighted by Crippen LogP contribution is -2.41. The molecule has 2 rings (SSSR count). The zero-order valence-electron chi connectivity index (χ0n) is 11.9. The van der Waals surface area contributed by atoms with Crippen LogP contribution in [0.15, 0.2) is 12.1 Å². The number of anilines is 1. The number of carbonyl (C=O) groups is 1. The van der Waals surface area contributed by atoms with Gasteiger partial charge in [0.1, 0.15) is 0 Å². The van der Waals surface area contributed by atoms with E-state index >= 15 is 0 Å². The van der Waals surface area contributed by atoms with Crippen LogP contribution >= 0.6 is 11.6 Å². The zero-order chi connectivity index (χ0) is 14.8. The van der Waals surface area contributed by atoms with Crippen molar-refractivity contribution in [3.05, 3.63) is 28.3 Å². The summed E-state index contributed by atoms with van der Waals surface area (Å²) < 4.78 is 0. The number of aryl methyl sites for hydroxylation is 2. The summed E-state index contributed by atoms with van der Waals surface area (Å²) in [5.41, 5.74) is 2.10. The Balaban J connectivity index is 1.85. The van der Waals surface area contributed by atoms with Crippen LogP contribution in [0.4, 0.5) is 10.5 Å². The first-order chi connectivity index (χ1) is 9.39. The van der Waals surface area contributed by atoms with E-state index in [1.54, 1.807) is 0 Å². The topological polar surface area (TPSA) is 61.4 Å². The summed E-state index contributed by atoms with van der Waals surface area (Å²) in [6, 6.07) is 3.39. The number of hydrogen-bond acceptors (Lipinski definition) is 2. The van der Waals surface area contributed by atoms with Gasteiger partial charge in [-0.25, -0.2) is 4.79 Å². The molecule has 0 radical (unpaired) electrons. The second-order valence-corrected chi connectivity index (χ2v) is 6.06. The van der Waals surface area contributed by atoms with Crippen LogP contribution in [0.2, 0.25) is 5.02 Å². The Bertz CT molecular complexity index is 490. The van der Waals surface area contributed by atoms with E-state index in [1.165, 1.54) is 0 Å². The smallest absolute Gasteiger partial charge is 0.319 e. The molecule has 0 atom stereocenters. The molecule has 0 aromatic heterocycles. The quantitative estimate of drug-likeness (QED) is 0.797. The number of urea groups is 1. The number of aliphatic hydroxyl groups is 1. The van der Waals surface area contributed by atoms with E-state index in [4.69, 9.17) is 11.6 Å². The predicted molar refractivity (Wildman–Crippen MR) is 81.4 cm³/mol. The van der Waals surface area contributed by atoms with E-state index in [1.807, 2.05) is 26.0 Å². The lowest BCUT2D eigenvalue weighted by Gasteiger charge is -2.36. The molecule has 0 heterocycles. The molecular formula is C15H21ClN2O2. The zero-order valence-corrected chi connectivity index (χ0v) is 12.7. The minimum absolute atomic E-state index is 0.249. The fourth-order valence-electron chi connectivity index (χ4n) is 2.51. The molecule has 1 aliphatic carbocycles. The number of benzene rings is 1. The molecule has 2 amide bonds. The maximum absolute atomic E-state index is 11.9. The van der Waals surface area contributed by atoms with Gasteiger partial charge >= 0.3 is 6.03 Å². The van der Waals surface area contributed by atoms with E-state index in [9.17, 15) is 9.90 Å². The van der Waals surface area contributed by atoms with Crippen LogP contribution in [-0.2, 0) is 0 Å². The third kappa shape index (κ3) is 3.64. The van der Waals surface area contributed by atoms with Gasteiger partial charge in [0, 0.05) is 17.3 Å². The molecule has 0 saturated heterocycles. The maximum Gasteiger partial charge on any atom is 0.319 e. The Labute approximate surface area is 124 Å². The largest absolute Gasteiger partial charge is 0.390 e. The number of hydrogen-bond donors (Lipinski definition) is 3. The number of rotatable bonds is 4.